The molecule has 2 rings (SSSR count). The third-order valence-electron chi connectivity index (χ3n) is 3.85. The predicted molar refractivity (Wildman–Crippen MR) is 61.9 cm³/mol. The number of amides is 1. The standard InChI is InChI=1S/C12H22N2O2/c1-12(7-16-8-12)6-14-10-4-2-9(3-5-10)11(13)15/h9-10,14H,2-8H2,1H3,(H2,13,15). The largest absolute Gasteiger partial charge is 0.380 e. The Kier molecular flexibility index (Phi) is 3.50. The van der Waals surface area contributed by atoms with Crippen LogP contribution in [0.5, 0.6) is 0 Å². The molecule has 1 saturated carbocycles. The molecule has 1 saturated heterocycles. The van der Waals surface area contributed by atoms with Crippen molar-refractivity contribution in [3.05, 3.63) is 0 Å². The maximum absolute atomic E-state index is 11.0. The number of hydrogen-bond acceptors (Lipinski definition) is 3. The highest BCUT2D eigenvalue weighted by atomic mass is 16.5. The van der Waals surface area contributed by atoms with Crippen molar-refractivity contribution >= 4 is 5.91 Å². The molecule has 0 aromatic heterocycles. The highest BCUT2D eigenvalue weighted by molar-refractivity contribution is 5.76. The molecule has 1 amide bonds. The molecular weight excluding hydrogens is 204 g/mol. The van der Waals surface area contributed by atoms with Crippen LogP contribution in [0.25, 0.3) is 0 Å². The van der Waals surface area contributed by atoms with Gasteiger partial charge in [0.15, 0.2) is 0 Å². The van der Waals surface area contributed by atoms with Crippen LogP contribution in [-0.2, 0) is 9.53 Å². The molecule has 0 unspecified atom stereocenters. The van der Waals surface area contributed by atoms with E-state index in [1.165, 1.54) is 0 Å². The monoisotopic (exact) mass is 226 g/mol. The lowest BCUT2D eigenvalue weighted by molar-refractivity contribution is -0.122. The summed E-state index contributed by atoms with van der Waals surface area (Å²) in [6.07, 6.45) is 4.04. The van der Waals surface area contributed by atoms with Gasteiger partial charge in [0, 0.05) is 23.9 Å². The van der Waals surface area contributed by atoms with E-state index in [1.807, 2.05) is 0 Å². The molecule has 2 fully saturated rings. The van der Waals surface area contributed by atoms with Crippen molar-refractivity contribution < 1.29 is 9.53 Å². The zero-order valence-electron chi connectivity index (χ0n) is 10.00. The highest BCUT2D eigenvalue weighted by Crippen LogP contribution is 2.28. The van der Waals surface area contributed by atoms with Crippen molar-refractivity contribution in [2.75, 3.05) is 19.8 Å². The van der Waals surface area contributed by atoms with Gasteiger partial charge in [0.2, 0.25) is 5.91 Å². The molecule has 0 aromatic rings. The SMILES string of the molecule is CC1(CNC2CCC(C(N)=O)CC2)COC1. The minimum absolute atomic E-state index is 0.112. The fourth-order valence-corrected chi connectivity index (χ4v) is 2.53. The molecule has 1 aliphatic heterocycles. The van der Waals surface area contributed by atoms with Crippen molar-refractivity contribution in [3.63, 3.8) is 0 Å². The lowest BCUT2D eigenvalue weighted by atomic mass is 9.84. The second-order valence-electron chi connectivity index (χ2n) is 5.64. The molecule has 1 aliphatic carbocycles. The van der Waals surface area contributed by atoms with Crippen molar-refractivity contribution in [2.45, 2.75) is 38.6 Å². The number of hydrogen-bond donors (Lipinski definition) is 2. The van der Waals surface area contributed by atoms with E-state index in [2.05, 4.69) is 12.2 Å². The van der Waals surface area contributed by atoms with Gasteiger partial charge in [-0.1, -0.05) is 6.92 Å². The van der Waals surface area contributed by atoms with E-state index < -0.39 is 0 Å². The minimum atomic E-state index is -0.127. The van der Waals surface area contributed by atoms with Gasteiger partial charge in [-0.3, -0.25) is 4.79 Å². The first-order valence-corrected chi connectivity index (χ1v) is 6.19. The van der Waals surface area contributed by atoms with Gasteiger partial charge in [-0.15, -0.1) is 0 Å². The number of carbonyl (C=O) groups excluding carboxylic acids is 1. The van der Waals surface area contributed by atoms with Crippen molar-refractivity contribution in [1.82, 2.24) is 5.32 Å². The van der Waals surface area contributed by atoms with Crippen LogP contribution in [0, 0.1) is 11.3 Å². The second-order valence-corrected chi connectivity index (χ2v) is 5.64. The van der Waals surface area contributed by atoms with Crippen molar-refractivity contribution in [2.24, 2.45) is 17.1 Å². The van der Waals surface area contributed by atoms with E-state index >= 15 is 0 Å². The molecule has 0 aromatic carbocycles. The fraction of sp³-hybridized carbons (Fsp3) is 0.917. The summed E-state index contributed by atoms with van der Waals surface area (Å²) >= 11 is 0. The first kappa shape index (κ1) is 11.9. The van der Waals surface area contributed by atoms with Gasteiger partial charge in [-0.25, -0.2) is 0 Å². The number of nitrogens with one attached hydrogen (secondary N) is 1. The van der Waals surface area contributed by atoms with Crippen LogP contribution in [0.2, 0.25) is 0 Å². The maximum atomic E-state index is 11.0. The van der Waals surface area contributed by atoms with Crippen LogP contribution in [-0.4, -0.2) is 31.7 Å². The first-order chi connectivity index (χ1) is 7.59. The summed E-state index contributed by atoms with van der Waals surface area (Å²) in [4.78, 5) is 11.0. The Labute approximate surface area is 96.9 Å². The smallest absolute Gasteiger partial charge is 0.220 e. The Bertz CT molecular complexity index is 256. The summed E-state index contributed by atoms with van der Waals surface area (Å²) < 4.78 is 5.23. The summed E-state index contributed by atoms with van der Waals surface area (Å²) in [6, 6.07) is 0.563. The summed E-state index contributed by atoms with van der Waals surface area (Å²) in [5.74, 6) is -0.0153. The van der Waals surface area contributed by atoms with E-state index in [0.29, 0.717) is 11.5 Å². The summed E-state index contributed by atoms with van der Waals surface area (Å²) in [5.41, 5.74) is 5.64. The molecule has 4 heteroatoms. The molecule has 92 valence electrons. The Morgan fingerprint density at radius 2 is 2.00 bits per heavy atom. The quantitative estimate of drug-likeness (QED) is 0.740. The average Bonchev–Trinajstić information content (AvgIpc) is 2.24. The molecule has 1 heterocycles. The van der Waals surface area contributed by atoms with Crippen molar-refractivity contribution in [3.8, 4) is 0 Å². The molecule has 0 spiro atoms. The van der Waals surface area contributed by atoms with E-state index in [0.717, 1.165) is 45.4 Å². The molecule has 3 N–H and O–H groups in total. The third kappa shape index (κ3) is 2.74. The van der Waals surface area contributed by atoms with Crippen LogP contribution in [0.15, 0.2) is 0 Å². The van der Waals surface area contributed by atoms with Gasteiger partial charge >= 0.3 is 0 Å². The maximum Gasteiger partial charge on any atom is 0.220 e. The molecule has 2 aliphatic rings. The van der Waals surface area contributed by atoms with E-state index in [1.54, 1.807) is 0 Å². The average molecular weight is 226 g/mol. The Morgan fingerprint density at radius 3 is 2.44 bits per heavy atom. The normalized spacial score (nSPS) is 33.1. The van der Waals surface area contributed by atoms with Gasteiger partial charge in [0.05, 0.1) is 13.2 Å². The van der Waals surface area contributed by atoms with Gasteiger partial charge in [0.1, 0.15) is 0 Å². The van der Waals surface area contributed by atoms with Crippen LogP contribution in [0.3, 0.4) is 0 Å². The zero-order chi connectivity index (χ0) is 11.6. The first-order valence-electron chi connectivity index (χ1n) is 6.19. The topological polar surface area (TPSA) is 64.3 Å². The fourth-order valence-electron chi connectivity index (χ4n) is 2.53. The molecular formula is C12H22N2O2. The molecule has 0 bridgehead atoms. The Balaban J connectivity index is 1.67. The zero-order valence-corrected chi connectivity index (χ0v) is 10.00. The number of primary amides is 1. The van der Waals surface area contributed by atoms with Gasteiger partial charge in [-0.05, 0) is 25.7 Å². The molecule has 0 atom stereocenters. The number of nitrogens with two attached hydrogens (primary N) is 1. The van der Waals surface area contributed by atoms with Crippen LogP contribution < -0.4 is 11.1 Å². The third-order valence-corrected chi connectivity index (χ3v) is 3.85. The Hall–Kier alpha value is -0.610. The summed E-state index contributed by atoms with van der Waals surface area (Å²) in [6.45, 7) is 5.02. The van der Waals surface area contributed by atoms with Crippen LogP contribution >= 0.6 is 0 Å². The highest BCUT2D eigenvalue weighted by Gasteiger charge is 2.34. The second kappa shape index (κ2) is 4.72. The van der Waals surface area contributed by atoms with E-state index in [9.17, 15) is 4.79 Å². The minimum Gasteiger partial charge on any atom is -0.380 e. The summed E-state index contributed by atoms with van der Waals surface area (Å²) in [7, 11) is 0. The predicted octanol–water partition coefficient (Wildman–Crippen LogP) is 0.657. The van der Waals surface area contributed by atoms with Gasteiger partial charge in [0.25, 0.3) is 0 Å². The van der Waals surface area contributed by atoms with E-state index in [4.69, 9.17) is 10.5 Å². The summed E-state index contributed by atoms with van der Waals surface area (Å²) in [5, 5.41) is 3.59. The molecule has 16 heavy (non-hydrogen) atoms. The lowest BCUT2D eigenvalue weighted by Gasteiger charge is -2.40. The number of ether oxygens (including phenoxy) is 1. The Morgan fingerprint density at radius 1 is 1.38 bits per heavy atom. The lowest BCUT2D eigenvalue weighted by Crippen LogP contribution is -2.50. The number of carbonyl (C=O) groups is 1. The molecule has 0 radical (unpaired) electrons. The van der Waals surface area contributed by atoms with Crippen molar-refractivity contribution in [1.29, 1.82) is 0 Å². The van der Waals surface area contributed by atoms with E-state index in [-0.39, 0.29) is 11.8 Å². The van der Waals surface area contributed by atoms with Crippen LogP contribution in [0.4, 0.5) is 0 Å². The number of rotatable bonds is 4. The van der Waals surface area contributed by atoms with Gasteiger partial charge < -0.3 is 15.8 Å². The van der Waals surface area contributed by atoms with Gasteiger partial charge in [-0.2, -0.15) is 0 Å². The van der Waals surface area contributed by atoms with Crippen LogP contribution in [0.1, 0.15) is 32.6 Å². The molecule has 4 nitrogen and oxygen atoms in total.